The summed E-state index contributed by atoms with van der Waals surface area (Å²) in [4.78, 5) is 0. The second-order valence-corrected chi connectivity index (χ2v) is 5.40. The molecule has 1 N–H and O–H groups in total. The minimum absolute atomic E-state index is 0.349. The van der Waals surface area contributed by atoms with Gasteiger partial charge in [-0.2, -0.15) is 0 Å². The lowest BCUT2D eigenvalue weighted by atomic mass is 9.78. The smallest absolute Gasteiger partial charge is 0.0754 e. The first-order chi connectivity index (χ1) is 8.19. The van der Waals surface area contributed by atoms with Gasteiger partial charge in [0.1, 0.15) is 0 Å². The van der Waals surface area contributed by atoms with Crippen molar-refractivity contribution in [2.75, 3.05) is 26.9 Å². The molecular weight excluding hydrogens is 214 g/mol. The first-order valence-corrected chi connectivity index (χ1v) is 7.05. The Labute approximate surface area is 106 Å². The molecule has 0 saturated heterocycles. The Hall–Kier alpha value is -0.120. The lowest BCUT2D eigenvalue weighted by molar-refractivity contribution is -0.0563. The Morgan fingerprint density at radius 1 is 1.12 bits per heavy atom. The van der Waals surface area contributed by atoms with E-state index in [4.69, 9.17) is 9.47 Å². The molecule has 1 saturated carbocycles. The average molecular weight is 243 g/mol. The molecular formula is C14H29NO2. The highest BCUT2D eigenvalue weighted by atomic mass is 16.5. The molecule has 0 aromatic rings. The minimum Gasteiger partial charge on any atom is -0.379 e. The zero-order chi connectivity index (χ0) is 12.7. The van der Waals surface area contributed by atoms with Gasteiger partial charge in [0, 0.05) is 12.6 Å². The first-order valence-electron chi connectivity index (χ1n) is 7.05. The third-order valence-corrected chi connectivity index (χ3v) is 3.65. The van der Waals surface area contributed by atoms with Crippen LogP contribution in [0, 0.1) is 11.8 Å². The van der Waals surface area contributed by atoms with E-state index >= 15 is 0 Å². The molecule has 0 radical (unpaired) electrons. The van der Waals surface area contributed by atoms with Gasteiger partial charge in [-0.3, -0.25) is 0 Å². The zero-order valence-electron chi connectivity index (χ0n) is 11.9. The molecule has 3 heteroatoms. The molecule has 1 fully saturated rings. The largest absolute Gasteiger partial charge is 0.379 e. The molecule has 0 bridgehead atoms. The van der Waals surface area contributed by atoms with Gasteiger partial charge >= 0.3 is 0 Å². The van der Waals surface area contributed by atoms with Gasteiger partial charge in [-0.1, -0.05) is 20.8 Å². The van der Waals surface area contributed by atoms with Gasteiger partial charge in [0.05, 0.1) is 19.3 Å². The first kappa shape index (κ1) is 14.9. The van der Waals surface area contributed by atoms with Crippen molar-refractivity contribution in [3.05, 3.63) is 0 Å². The zero-order valence-corrected chi connectivity index (χ0v) is 11.9. The summed E-state index contributed by atoms with van der Waals surface area (Å²) >= 11 is 0. The molecule has 0 aromatic heterocycles. The highest BCUT2D eigenvalue weighted by Crippen LogP contribution is 2.30. The number of ether oxygens (including phenoxy) is 2. The van der Waals surface area contributed by atoms with Crippen molar-refractivity contribution < 1.29 is 9.47 Å². The van der Waals surface area contributed by atoms with E-state index in [0.29, 0.717) is 18.1 Å². The third kappa shape index (κ3) is 4.94. The highest BCUT2D eigenvalue weighted by molar-refractivity contribution is 4.87. The van der Waals surface area contributed by atoms with Crippen LogP contribution in [0.2, 0.25) is 0 Å². The van der Waals surface area contributed by atoms with E-state index in [2.05, 4.69) is 26.1 Å². The van der Waals surface area contributed by atoms with E-state index in [1.165, 1.54) is 12.8 Å². The summed E-state index contributed by atoms with van der Waals surface area (Å²) in [5.41, 5.74) is 0. The number of rotatable bonds is 7. The van der Waals surface area contributed by atoms with Crippen LogP contribution in [0.25, 0.3) is 0 Å². The van der Waals surface area contributed by atoms with Crippen LogP contribution in [0.1, 0.15) is 40.0 Å². The Bertz CT molecular complexity index is 199. The fraction of sp³-hybridized carbons (Fsp3) is 1.00. The second kappa shape index (κ2) is 8.06. The van der Waals surface area contributed by atoms with Crippen LogP contribution in [0.3, 0.4) is 0 Å². The van der Waals surface area contributed by atoms with Crippen LogP contribution in [0.5, 0.6) is 0 Å². The Morgan fingerprint density at radius 3 is 2.53 bits per heavy atom. The molecule has 4 atom stereocenters. The summed E-state index contributed by atoms with van der Waals surface area (Å²) in [6.45, 7) is 9.06. The molecule has 17 heavy (non-hydrogen) atoms. The molecule has 102 valence electrons. The molecule has 0 amide bonds. The van der Waals surface area contributed by atoms with Gasteiger partial charge in [0.15, 0.2) is 0 Å². The van der Waals surface area contributed by atoms with E-state index < -0.39 is 0 Å². The maximum Gasteiger partial charge on any atom is 0.0754 e. The molecule has 0 spiro atoms. The molecule has 1 rings (SSSR count). The van der Waals surface area contributed by atoms with Crippen LogP contribution in [-0.4, -0.2) is 39.0 Å². The molecule has 1 aliphatic carbocycles. The quantitative estimate of drug-likeness (QED) is 0.697. The number of hydrogen-bond donors (Lipinski definition) is 1. The predicted molar refractivity (Wildman–Crippen MR) is 71.3 cm³/mol. The third-order valence-electron chi connectivity index (χ3n) is 3.65. The number of hydrogen-bond acceptors (Lipinski definition) is 3. The van der Waals surface area contributed by atoms with Crippen molar-refractivity contribution >= 4 is 0 Å². The minimum atomic E-state index is 0.349. The van der Waals surface area contributed by atoms with Gasteiger partial charge in [-0.25, -0.2) is 0 Å². The average Bonchev–Trinajstić information content (AvgIpc) is 2.30. The van der Waals surface area contributed by atoms with E-state index in [0.717, 1.165) is 32.2 Å². The fourth-order valence-corrected chi connectivity index (χ4v) is 2.88. The highest BCUT2D eigenvalue weighted by Gasteiger charge is 2.33. The number of nitrogens with one attached hydrogen (secondary N) is 1. The molecule has 0 aromatic carbocycles. The van der Waals surface area contributed by atoms with Crippen LogP contribution < -0.4 is 5.32 Å². The van der Waals surface area contributed by atoms with Crippen molar-refractivity contribution in [2.24, 2.45) is 11.8 Å². The van der Waals surface area contributed by atoms with E-state index in [1.807, 2.05) is 7.05 Å². The SMILES string of the molecule is CCCOCCOC1C(C)CC(C)CC1NC. The van der Waals surface area contributed by atoms with Gasteiger partial charge in [-0.15, -0.1) is 0 Å². The van der Waals surface area contributed by atoms with Crippen LogP contribution in [0.15, 0.2) is 0 Å². The van der Waals surface area contributed by atoms with E-state index in [-0.39, 0.29) is 0 Å². The van der Waals surface area contributed by atoms with Crippen molar-refractivity contribution in [1.82, 2.24) is 5.32 Å². The summed E-state index contributed by atoms with van der Waals surface area (Å²) in [6, 6.07) is 0.500. The van der Waals surface area contributed by atoms with E-state index in [1.54, 1.807) is 0 Å². The topological polar surface area (TPSA) is 30.5 Å². The maximum atomic E-state index is 6.01. The van der Waals surface area contributed by atoms with E-state index in [9.17, 15) is 0 Å². The lowest BCUT2D eigenvalue weighted by Crippen LogP contribution is -2.48. The molecule has 4 unspecified atom stereocenters. The molecule has 3 nitrogen and oxygen atoms in total. The summed E-state index contributed by atoms with van der Waals surface area (Å²) in [6.07, 6.45) is 3.93. The van der Waals surface area contributed by atoms with Crippen LogP contribution in [0.4, 0.5) is 0 Å². The fourth-order valence-electron chi connectivity index (χ4n) is 2.88. The molecule has 0 heterocycles. The van der Waals surface area contributed by atoms with Crippen LogP contribution in [-0.2, 0) is 9.47 Å². The Kier molecular flexibility index (Phi) is 7.09. The monoisotopic (exact) mass is 243 g/mol. The molecule has 0 aliphatic heterocycles. The lowest BCUT2D eigenvalue weighted by Gasteiger charge is -2.39. The van der Waals surface area contributed by atoms with Gasteiger partial charge in [-0.05, 0) is 38.1 Å². The summed E-state index contributed by atoms with van der Waals surface area (Å²) < 4.78 is 11.5. The van der Waals surface area contributed by atoms with Crippen LogP contribution >= 0.6 is 0 Å². The summed E-state index contributed by atoms with van der Waals surface area (Å²) in [5, 5.41) is 3.40. The Morgan fingerprint density at radius 2 is 1.88 bits per heavy atom. The van der Waals surface area contributed by atoms with Crippen molar-refractivity contribution in [1.29, 1.82) is 0 Å². The molecule has 1 aliphatic rings. The number of likely N-dealkylation sites (N-methyl/N-ethyl adjacent to an activating group) is 1. The van der Waals surface area contributed by atoms with Crippen molar-refractivity contribution in [2.45, 2.75) is 52.2 Å². The normalized spacial score (nSPS) is 33.9. The summed E-state index contributed by atoms with van der Waals surface area (Å²) in [7, 11) is 2.04. The Balaban J connectivity index is 2.28. The van der Waals surface area contributed by atoms with Crippen molar-refractivity contribution in [3.8, 4) is 0 Å². The van der Waals surface area contributed by atoms with Gasteiger partial charge in [0.25, 0.3) is 0 Å². The summed E-state index contributed by atoms with van der Waals surface area (Å²) in [5.74, 6) is 1.45. The predicted octanol–water partition coefficient (Wildman–Crippen LogP) is 2.45. The van der Waals surface area contributed by atoms with Gasteiger partial charge < -0.3 is 14.8 Å². The van der Waals surface area contributed by atoms with Crippen molar-refractivity contribution in [3.63, 3.8) is 0 Å². The maximum absolute atomic E-state index is 6.01. The second-order valence-electron chi connectivity index (χ2n) is 5.40. The standard InChI is InChI=1S/C14H29NO2/c1-5-6-16-7-8-17-14-12(3)9-11(2)10-13(14)15-4/h11-15H,5-10H2,1-4H3. The van der Waals surface area contributed by atoms with Gasteiger partial charge in [0.2, 0.25) is 0 Å².